The van der Waals surface area contributed by atoms with Gasteiger partial charge in [-0.25, -0.2) is 0 Å². The first kappa shape index (κ1) is 29.2. The zero-order valence-electron chi connectivity index (χ0n) is 23.6. The molecule has 4 aliphatic rings. The number of fused-ring (bicyclic) bond motifs is 1. The van der Waals surface area contributed by atoms with Gasteiger partial charge in [0.25, 0.3) is 0 Å². The molecule has 0 unspecified atom stereocenters. The van der Waals surface area contributed by atoms with Crippen molar-refractivity contribution in [3.8, 4) is 0 Å². The number of carbonyl (C=O) groups excluding carboxylic acids is 3. The number of amides is 3. The molecule has 1 saturated carbocycles. The number of nitrogens with zero attached hydrogens (tertiary/aromatic N) is 2. The summed E-state index contributed by atoms with van der Waals surface area (Å²) in [7, 11) is 2.00. The lowest BCUT2D eigenvalue weighted by atomic mass is 9.74. The summed E-state index contributed by atoms with van der Waals surface area (Å²) < 4.78 is 6.47. The molecule has 2 N–H and O–H groups in total. The molecule has 0 radical (unpaired) electrons. The molecule has 222 valence electrons. The van der Waals surface area contributed by atoms with E-state index in [1.165, 1.54) is 6.42 Å². The van der Waals surface area contributed by atoms with Gasteiger partial charge in [0.15, 0.2) is 0 Å². The number of nitrogens with one attached hydrogen (secondary N) is 2. The second kappa shape index (κ2) is 12.0. The lowest BCUT2D eigenvalue weighted by molar-refractivity contribution is -0.141. The molecule has 3 amide bonds. The van der Waals surface area contributed by atoms with Crippen molar-refractivity contribution in [3.63, 3.8) is 0 Å². The molecular formula is C32H36Cl2N4O4. The summed E-state index contributed by atoms with van der Waals surface area (Å²) in [5, 5.41) is 6.90. The maximum absolute atomic E-state index is 14.2. The van der Waals surface area contributed by atoms with E-state index in [1.54, 1.807) is 23.1 Å². The van der Waals surface area contributed by atoms with Crippen LogP contribution in [-0.4, -0.2) is 71.4 Å². The highest BCUT2D eigenvalue weighted by Crippen LogP contribution is 2.55. The number of hydrogen-bond donors (Lipinski definition) is 2. The smallest absolute Gasteiger partial charge is 0.246 e. The van der Waals surface area contributed by atoms with Gasteiger partial charge >= 0.3 is 0 Å². The van der Waals surface area contributed by atoms with Gasteiger partial charge < -0.3 is 25.2 Å². The third-order valence-corrected chi connectivity index (χ3v) is 9.46. The summed E-state index contributed by atoms with van der Waals surface area (Å²) in [6, 6.07) is 14.1. The molecule has 3 fully saturated rings. The van der Waals surface area contributed by atoms with E-state index in [1.807, 2.05) is 37.4 Å². The molecule has 42 heavy (non-hydrogen) atoms. The van der Waals surface area contributed by atoms with Crippen LogP contribution in [0.15, 0.2) is 60.7 Å². The summed E-state index contributed by atoms with van der Waals surface area (Å²) in [4.78, 5) is 45.7. The van der Waals surface area contributed by atoms with Crippen molar-refractivity contribution in [1.82, 2.24) is 15.1 Å². The fraction of sp³-hybridized carbons (Fsp3) is 0.469. The molecule has 1 aliphatic carbocycles. The van der Waals surface area contributed by atoms with Crippen molar-refractivity contribution in [2.75, 3.05) is 25.5 Å². The number of ether oxygens (including phenoxy) is 1. The van der Waals surface area contributed by atoms with Crippen molar-refractivity contribution in [1.29, 1.82) is 0 Å². The van der Waals surface area contributed by atoms with Crippen LogP contribution in [0, 0.1) is 11.8 Å². The minimum atomic E-state index is -1.20. The Hall–Kier alpha value is -2.91. The van der Waals surface area contributed by atoms with E-state index in [4.69, 9.17) is 27.9 Å². The molecule has 5 atom stereocenters. The Bertz CT molecular complexity index is 1360. The summed E-state index contributed by atoms with van der Waals surface area (Å²) in [5.74, 6) is -2.42. The minimum absolute atomic E-state index is 0.0775. The monoisotopic (exact) mass is 610 g/mol. The van der Waals surface area contributed by atoms with E-state index in [0.717, 1.165) is 31.2 Å². The molecule has 10 heteroatoms. The highest BCUT2D eigenvalue weighted by Gasteiger charge is 2.72. The van der Waals surface area contributed by atoms with Crippen LogP contribution in [-0.2, 0) is 25.7 Å². The van der Waals surface area contributed by atoms with Crippen LogP contribution in [0.3, 0.4) is 0 Å². The predicted octanol–water partition coefficient (Wildman–Crippen LogP) is 4.66. The molecule has 0 aromatic heterocycles. The second-order valence-corrected chi connectivity index (χ2v) is 12.8. The largest absolute Gasteiger partial charge is 0.359 e. The van der Waals surface area contributed by atoms with Crippen LogP contribution in [0.4, 0.5) is 5.69 Å². The zero-order chi connectivity index (χ0) is 29.4. The number of anilines is 1. The van der Waals surface area contributed by atoms with Gasteiger partial charge in [-0.15, -0.1) is 0 Å². The van der Waals surface area contributed by atoms with Gasteiger partial charge in [-0.2, -0.15) is 0 Å². The number of rotatable bonds is 9. The molecular weight excluding hydrogens is 575 g/mol. The Balaban J connectivity index is 1.25. The fourth-order valence-electron chi connectivity index (χ4n) is 7.14. The van der Waals surface area contributed by atoms with E-state index in [2.05, 4.69) is 27.7 Å². The molecule has 3 aliphatic heterocycles. The van der Waals surface area contributed by atoms with E-state index < -0.39 is 29.6 Å². The number of carbonyl (C=O) groups is 3. The van der Waals surface area contributed by atoms with E-state index in [-0.39, 0.29) is 23.8 Å². The normalized spacial score (nSPS) is 28.4. The Morgan fingerprint density at radius 1 is 1.05 bits per heavy atom. The minimum Gasteiger partial charge on any atom is -0.359 e. The molecule has 2 aromatic rings. The first-order chi connectivity index (χ1) is 20.2. The van der Waals surface area contributed by atoms with Crippen LogP contribution in [0.2, 0.25) is 10.0 Å². The molecule has 2 aromatic carbocycles. The van der Waals surface area contributed by atoms with E-state index in [0.29, 0.717) is 35.4 Å². The fourth-order valence-corrected chi connectivity index (χ4v) is 7.67. The first-order valence-electron chi connectivity index (χ1n) is 14.7. The van der Waals surface area contributed by atoms with E-state index >= 15 is 0 Å². The standard InChI is InChI=1S/C32H36Cl2N4O4/c1-37(19-20-8-4-2-5-9-20)14-15-38-28(30(40)35-23-10-6-3-7-11-23)32-13-12-25(42-32)26(27(32)31(38)41)29(39)36-24-17-21(33)16-22(34)18-24/h2,4-5,8-9,12-13,16-18,23,25-28H,3,6-7,10-11,14-15,19H2,1H3,(H,35,40)(H,36,39)/t25-,26+,27-,28+,32-/m0/s1. The van der Waals surface area contributed by atoms with Crippen molar-refractivity contribution in [2.45, 2.75) is 62.4 Å². The van der Waals surface area contributed by atoms with Gasteiger partial charge in [0.1, 0.15) is 11.6 Å². The van der Waals surface area contributed by atoms with Crippen molar-refractivity contribution in [3.05, 3.63) is 76.3 Å². The number of likely N-dealkylation sites (tertiary alicyclic amines) is 1. The molecule has 8 nitrogen and oxygen atoms in total. The second-order valence-electron chi connectivity index (χ2n) is 11.9. The van der Waals surface area contributed by atoms with Gasteiger partial charge in [0.2, 0.25) is 17.7 Å². The maximum Gasteiger partial charge on any atom is 0.246 e. The van der Waals surface area contributed by atoms with Gasteiger partial charge in [-0.3, -0.25) is 14.4 Å². The van der Waals surface area contributed by atoms with Crippen LogP contribution in [0.1, 0.15) is 37.7 Å². The Morgan fingerprint density at radius 3 is 2.48 bits per heavy atom. The van der Waals surface area contributed by atoms with Gasteiger partial charge in [0, 0.05) is 41.4 Å². The molecule has 3 heterocycles. The van der Waals surface area contributed by atoms with Gasteiger partial charge in [0.05, 0.1) is 17.9 Å². The van der Waals surface area contributed by atoms with Gasteiger partial charge in [-0.1, -0.05) is 84.9 Å². The topological polar surface area (TPSA) is 91.0 Å². The molecule has 6 rings (SSSR count). The average Bonchev–Trinajstić information content (AvgIpc) is 3.59. The van der Waals surface area contributed by atoms with Crippen molar-refractivity contribution in [2.24, 2.45) is 11.8 Å². The van der Waals surface area contributed by atoms with E-state index in [9.17, 15) is 14.4 Å². The zero-order valence-corrected chi connectivity index (χ0v) is 25.1. The predicted molar refractivity (Wildman–Crippen MR) is 162 cm³/mol. The van der Waals surface area contributed by atoms with Crippen LogP contribution in [0.25, 0.3) is 0 Å². The Kier molecular flexibility index (Phi) is 8.33. The third-order valence-electron chi connectivity index (χ3n) is 9.02. The lowest BCUT2D eigenvalue weighted by Gasteiger charge is -2.34. The number of likely N-dealkylation sites (N-methyl/N-ethyl adjacent to an activating group) is 1. The quantitative estimate of drug-likeness (QED) is 0.403. The van der Waals surface area contributed by atoms with Crippen LogP contribution in [0.5, 0.6) is 0 Å². The molecule has 2 bridgehead atoms. The Morgan fingerprint density at radius 2 is 1.76 bits per heavy atom. The summed E-state index contributed by atoms with van der Waals surface area (Å²) in [6.07, 6.45) is 8.23. The highest BCUT2D eigenvalue weighted by molar-refractivity contribution is 6.35. The third kappa shape index (κ3) is 5.57. The van der Waals surface area contributed by atoms with Crippen LogP contribution < -0.4 is 10.6 Å². The van der Waals surface area contributed by atoms with Crippen molar-refractivity contribution < 1.29 is 19.1 Å². The number of benzene rings is 2. The summed E-state index contributed by atoms with van der Waals surface area (Å²) in [5.41, 5.74) is 0.402. The van der Waals surface area contributed by atoms with Gasteiger partial charge in [-0.05, 0) is 43.7 Å². The highest BCUT2D eigenvalue weighted by atomic mass is 35.5. The van der Waals surface area contributed by atoms with Crippen molar-refractivity contribution >= 4 is 46.6 Å². The number of halogens is 2. The number of hydrogen-bond acceptors (Lipinski definition) is 5. The summed E-state index contributed by atoms with van der Waals surface area (Å²) in [6.45, 7) is 1.60. The lowest BCUT2D eigenvalue weighted by Crippen LogP contribution is -2.57. The van der Waals surface area contributed by atoms with Crippen LogP contribution >= 0.6 is 23.2 Å². The SMILES string of the molecule is CN(CCN1C(=O)[C@@H]2[C@H](C(=O)Nc3cc(Cl)cc(Cl)c3)[C@@H]3C=C[C@@]2(O3)[C@H]1C(=O)NC1CCCCC1)Cc1ccccc1. The first-order valence-corrected chi connectivity index (χ1v) is 15.5. The summed E-state index contributed by atoms with van der Waals surface area (Å²) >= 11 is 12.3. The molecule has 2 saturated heterocycles. The molecule has 1 spiro atoms. The Labute approximate surface area is 256 Å². The maximum atomic E-state index is 14.2. The average molecular weight is 612 g/mol.